The van der Waals surface area contributed by atoms with Crippen molar-refractivity contribution in [2.24, 2.45) is 0 Å². The molecule has 2 aromatic rings. The molecule has 0 aliphatic rings. The Balaban J connectivity index is 2.61. The van der Waals surface area contributed by atoms with Crippen LogP contribution in [0.3, 0.4) is 0 Å². The van der Waals surface area contributed by atoms with Gasteiger partial charge in [-0.3, -0.25) is 4.79 Å². The minimum Gasteiger partial charge on any atom is -0.461 e. The highest BCUT2D eigenvalue weighted by Gasteiger charge is 2.18. The molecule has 0 aliphatic heterocycles. The number of nitrogens with zero attached hydrogens (tertiary/aromatic N) is 1. The molecule has 5 nitrogen and oxygen atoms in total. The van der Waals surface area contributed by atoms with E-state index in [2.05, 4.69) is 4.98 Å². The molecule has 0 radical (unpaired) electrons. The van der Waals surface area contributed by atoms with Crippen molar-refractivity contribution in [2.75, 3.05) is 25.6 Å². The van der Waals surface area contributed by atoms with E-state index in [1.807, 2.05) is 37.2 Å². The van der Waals surface area contributed by atoms with E-state index in [9.17, 15) is 9.59 Å². The maximum Gasteiger partial charge on any atom is 0.355 e. The van der Waals surface area contributed by atoms with Crippen LogP contribution in [0.4, 0.5) is 5.69 Å². The molecule has 100 valence electrons. The van der Waals surface area contributed by atoms with Crippen LogP contribution in [-0.4, -0.2) is 37.9 Å². The maximum absolute atomic E-state index is 11.8. The molecule has 19 heavy (non-hydrogen) atoms. The van der Waals surface area contributed by atoms with Gasteiger partial charge < -0.3 is 14.6 Å². The second-order valence-electron chi connectivity index (χ2n) is 4.38. The van der Waals surface area contributed by atoms with Gasteiger partial charge in [0, 0.05) is 30.7 Å². The van der Waals surface area contributed by atoms with Crippen LogP contribution in [0.5, 0.6) is 0 Å². The number of fused-ring (bicyclic) bond motifs is 1. The molecule has 0 bridgehead atoms. The van der Waals surface area contributed by atoms with E-state index in [4.69, 9.17) is 4.74 Å². The van der Waals surface area contributed by atoms with Gasteiger partial charge in [0.05, 0.1) is 12.2 Å². The summed E-state index contributed by atoms with van der Waals surface area (Å²) in [5.74, 6) is -0.507. The van der Waals surface area contributed by atoms with Crippen molar-refractivity contribution >= 4 is 28.8 Å². The quantitative estimate of drug-likeness (QED) is 0.676. The molecule has 0 unspecified atom stereocenters. The Bertz CT molecular complexity index is 629. The number of aldehydes is 1. The Kier molecular flexibility index (Phi) is 3.55. The van der Waals surface area contributed by atoms with Crippen molar-refractivity contribution in [3.05, 3.63) is 29.5 Å². The number of hydrogen-bond acceptors (Lipinski definition) is 4. The Morgan fingerprint density at radius 1 is 1.42 bits per heavy atom. The fourth-order valence-corrected chi connectivity index (χ4v) is 1.97. The van der Waals surface area contributed by atoms with Crippen LogP contribution in [0, 0.1) is 0 Å². The zero-order chi connectivity index (χ0) is 14.0. The zero-order valence-corrected chi connectivity index (χ0v) is 11.2. The summed E-state index contributed by atoms with van der Waals surface area (Å²) in [6.45, 7) is 2.00. The Morgan fingerprint density at radius 2 is 2.16 bits per heavy atom. The van der Waals surface area contributed by atoms with E-state index in [0.717, 1.165) is 16.6 Å². The predicted octanol–water partition coefficient (Wildman–Crippen LogP) is 2.22. The summed E-state index contributed by atoms with van der Waals surface area (Å²) < 4.78 is 4.94. The molecule has 1 N–H and O–H groups in total. The molecule has 1 heterocycles. The van der Waals surface area contributed by atoms with Gasteiger partial charge in [-0.25, -0.2) is 4.79 Å². The lowest BCUT2D eigenvalue weighted by atomic mass is 10.1. The first-order valence-corrected chi connectivity index (χ1v) is 6.03. The predicted molar refractivity (Wildman–Crippen MR) is 74.0 cm³/mol. The van der Waals surface area contributed by atoms with Gasteiger partial charge in [0.2, 0.25) is 0 Å². The molecule has 1 aromatic carbocycles. The average Bonchev–Trinajstić information content (AvgIpc) is 2.76. The van der Waals surface area contributed by atoms with Gasteiger partial charge in [0.1, 0.15) is 5.69 Å². The number of aromatic nitrogens is 1. The average molecular weight is 260 g/mol. The maximum atomic E-state index is 11.8. The molecule has 0 aliphatic carbocycles. The standard InChI is InChI=1S/C14H16N2O3/c1-4-19-14(18)13-11(8-17)10-7-9(16(2)3)5-6-12(10)15-13/h5-8,15H,4H2,1-3H3. The van der Waals surface area contributed by atoms with Gasteiger partial charge in [-0.1, -0.05) is 0 Å². The summed E-state index contributed by atoms with van der Waals surface area (Å²) in [5, 5.41) is 0.726. The molecular weight excluding hydrogens is 244 g/mol. The Labute approximate surface area is 111 Å². The van der Waals surface area contributed by atoms with Crippen LogP contribution in [0.25, 0.3) is 10.9 Å². The van der Waals surface area contributed by atoms with Crippen molar-refractivity contribution in [2.45, 2.75) is 6.92 Å². The normalized spacial score (nSPS) is 10.5. The van der Waals surface area contributed by atoms with Crippen LogP contribution >= 0.6 is 0 Å². The Hall–Kier alpha value is -2.30. The fraction of sp³-hybridized carbons (Fsp3) is 0.286. The fourth-order valence-electron chi connectivity index (χ4n) is 1.97. The highest BCUT2D eigenvalue weighted by Crippen LogP contribution is 2.26. The number of H-pyrrole nitrogens is 1. The number of benzene rings is 1. The van der Waals surface area contributed by atoms with Crippen molar-refractivity contribution in [1.29, 1.82) is 0 Å². The number of esters is 1. The molecule has 5 heteroatoms. The lowest BCUT2D eigenvalue weighted by Crippen LogP contribution is -2.08. The van der Waals surface area contributed by atoms with Crippen molar-refractivity contribution in [3.8, 4) is 0 Å². The third kappa shape index (κ3) is 2.31. The number of carbonyl (C=O) groups is 2. The number of aromatic amines is 1. The highest BCUT2D eigenvalue weighted by atomic mass is 16.5. The first kappa shape index (κ1) is 13.1. The number of rotatable bonds is 4. The van der Waals surface area contributed by atoms with E-state index in [-0.39, 0.29) is 12.3 Å². The van der Waals surface area contributed by atoms with Crippen LogP contribution < -0.4 is 4.90 Å². The van der Waals surface area contributed by atoms with Crippen LogP contribution in [0.15, 0.2) is 18.2 Å². The third-order valence-electron chi connectivity index (χ3n) is 2.94. The summed E-state index contributed by atoms with van der Waals surface area (Å²) in [6.07, 6.45) is 0.685. The lowest BCUT2D eigenvalue weighted by molar-refractivity contribution is 0.0518. The minimum atomic E-state index is -0.507. The number of hydrogen-bond donors (Lipinski definition) is 1. The SMILES string of the molecule is CCOC(=O)c1[nH]c2ccc(N(C)C)cc2c1C=O. The number of nitrogens with one attached hydrogen (secondary N) is 1. The molecule has 0 atom stereocenters. The smallest absolute Gasteiger partial charge is 0.355 e. The molecule has 1 aromatic heterocycles. The molecule has 0 fully saturated rings. The van der Waals surface area contributed by atoms with Crippen molar-refractivity contribution < 1.29 is 14.3 Å². The van der Waals surface area contributed by atoms with Crippen molar-refractivity contribution in [1.82, 2.24) is 4.98 Å². The van der Waals surface area contributed by atoms with E-state index in [1.165, 1.54) is 0 Å². The summed E-state index contributed by atoms with van der Waals surface area (Å²) in [4.78, 5) is 27.9. The number of carbonyl (C=O) groups excluding carboxylic acids is 2. The van der Waals surface area contributed by atoms with Gasteiger partial charge >= 0.3 is 5.97 Å². The molecule has 0 saturated carbocycles. The minimum absolute atomic E-state index is 0.211. The monoisotopic (exact) mass is 260 g/mol. The van der Waals surface area contributed by atoms with Crippen LogP contribution in [0.2, 0.25) is 0 Å². The largest absolute Gasteiger partial charge is 0.461 e. The molecular formula is C14H16N2O3. The summed E-state index contributed by atoms with van der Waals surface area (Å²) in [6, 6.07) is 5.64. The highest BCUT2D eigenvalue weighted by molar-refractivity contribution is 6.08. The topological polar surface area (TPSA) is 62.4 Å². The summed E-state index contributed by atoms with van der Waals surface area (Å²) in [5.41, 5.74) is 2.26. The lowest BCUT2D eigenvalue weighted by Gasteiger charge is -2.11. The van der Waals surface area contributed by atoms with E-state index < -0.39 is 5.97 Å². The van der Waals surface area contributed by atoms with Gasteiger partial charge in [0.15, 0.2) is 6.29 Å². The summed E-state index contributed by atoms with van der Waals surface area (Å²) in [7, 11) is 3.83. The Morgan fingerprint density at radius 3 is 2.74 bits per heavy atom. The van der Waals surface area contributed by atoms with Gasteiger partial charge in [-0.2, -0.15) is 0 Å². The van der Waals surface area contributed by atoms with Crippen LogP contribution in [0.1, 0.15) is 27.8 Å². The molecule has 2 rings (SSSR count). The van der Waals surface area contributed by atoms with Crippen LogP contribution in [-0.2, 0) is 4.74 Å². The zero-order valence-electron chi connectivity index (χ0n) is 11.2. The second kappa shape index (κ2) is 5.14. The van der Waals surface area contributed by atoms with Gasteiger partial charge in [-0.15, -0.1) is 0 Å². The van der Waals surface area contributed by atoms with E-state index in [0.29, 0.717) is 11.8 Å². The third-order valence-corrected chi connectivity index (χ3v) is 2.94. The van der Waals surface area contributed by atoms with E-state index >= 15 is 0 Å². The summed E-state index contributed by atoms with van der Waals surface area (Å²) >= 11 is 0. The number of anilines is 1. The molecule has 0 saturated heterocycles. The van der Waals surface area contributed by atoms with E-state index in [1.54, 1.807) is 6.92 Å². The van der Waals surface area contributed by atoms with Gasteiger partial charge in [-0.05, 0) is 25.1 Å². The number of ether oxygens (including phenoxy) is 1. The second-order valence-corrected chi connectivity index (χ2v) is 4.38. The first-order chi connectivity index (χ1) is 9.08. The first-order valence-electron chi connectivity index (χ1n) is 6.03. The molecule has 0 amide bonds. The van der Waals surface area contributed by atoms with Gasteiger partial charge in [0.25, 0.3) is 0 Å². The molecule has 0 spiro atoms. The van der Waals surface area contributed by atoms with Crippen molar-refractivity contribution in [3.63, 3.8) is 0 Å².